The summed E-state index contributed by atoms with van der Waals surface area (Å²) < 4.78 is 22.3. The minimum Gasteiger partial charge on any atom is -0.449 e. The molecule has 1 aliphatic rings. The van der Waals surface area contributed by atoms with Gasteiger partial charge in [0.1, 0.15) is 11.6 Å². The standard InChI is InChI=1S/C23H20ClFN4O2/c1-13-15-6-5-7-16(24)21(15)31-20(13)23(30)26-18-12-14(9-10-17(18)25)22-28-27-19-8-3-2-4-11-29(19)22/h5-7,9-10,12H,2-4,8,11H2,1H3,(H,26,30). The van der Waals surface area contributed by atoms with Gasteiger partial charge in [0.2, 0.25) is 0 Å². The van der Waals surface area contributed by atoms with Gasteiger partial charge in [0.25, 0.3) is 5.91 Å². The van der Waals surface area contributed by atoms with E-state index in [4.69, 9.17) is 16.0 Å². The number of amides is 1. The summed E-state index contributed by atoms with van der Waals surface area (Å²) in [6.45, 7) is 2.60. The maximum Gasteiger partial charge on any atom is 0.291 e. The monoisotopic (exact) mass is 438 g/mol. The zero-order valence-electron chi connectivity index (χ0n) is 16.9. The molecule has 0 fully saturated rings. The number of para-hydroxylation sites is 1. The quantitative estimate of drug-likeness (QED) is 0.440. The first-order valence-corrected chi connectivity index (χ1v) is 10.6. The lowest BCUT2D eigenvalue weighted by molar-refractivity contribution is 0.0997. The predicted molar refractivity (Wildman–Crippen MR) is 117 cm³/mol. The van der Waals surface area contributed by atoms with Gasteiger partial charge in [0.05, 0.1) is 10.7 Å². The van der Waals surface area contributed by atoms with Gasteiger partial charge >= 0.3 is 0 Å². The largest absolute Gasteiger partial charge is 0.449 e. The third-order valence-corrected chi connectivity index (χ3v) is 6.00. The highest BCUT2D eigenvalue weighted by Crippen LogP contribution is 2.32. The summed E-state index contributed by atoms with van der Waals surface area (Å²) in [5.41, 5.74) is 1.84. The molecule has 3 heterocycles. The Kier molecular flexibility index (Phi) is 4.98. The van der Waals surface area contributed by atoms with Crippen LogP contribution in [-0.4, -0.2) is 20.7 Å². The number of rotatable bonds is 3. The van der Waals surface area contributed by atoms with E-state index in [1.807, 2.05) is 6.07 Å². The molecule has 2 aromatic heterocycles. The number of fused-ring (bicyclic) bond motifs is 2. The van der Waals surface area contributed by atoms with Crippen LogP contribution in [0.25, 0.3) is 22.4 Å². The van der Waals surface area contributed by atoms with Crippen molar-refractivity contribution in [1.29, 1.82) is 0 Å². The van der Waals surface area contributed by atoms with Crippen molar-refractivity contribution in [2.75, 3.05) is 5.32 Å². The van der Waals surface area contributed by atoms with E-state index in [9.17, 15) is 9.18 Å². The minimum atomic E-state index is -0.542. The normalized spacial score (nSPS) is 13.8. The highest BCUT2D eigenvalue weighted by atomic mass is 35.5. The van der Waals surface area contributed by atoms with Crippen LogP contribution in [0.5, 0.6) is 0 Å². The molecule has 0 saturated heterocycles. The number of carbonyl (C=O) groups excluding carboxylic acids is 1. The minimum absolute atomic E-state index is 0.0550. The van der Waals surface area contributed by atoms with Gasteiger partial charge in [-0.25, -0.2) is 4.39 Å². The highest BCUT2D eigenvalue weighted by molar-refractivity contribution is 6.35. The van der Waals surface area contributed by atoms with Crippen LogP contribution in [-0.2, 0) is 13.0 Å². The molecule has 0 atom stereocenters. The second kappa shape index (κ2) is 7.81. The molecule has 0 spiro atoms. The van der Waals surface area contributed by atoms with Crippen molar-refractivity contribution in [3.63, 3.8) is 0 Å². The first kappa shape index (κ1) is 19.8. The molecule has 1 N–H and O–H groups in total. The first-order chi connectivity index (χ1) is 15.0. The maximum absolute atomic E-state index is 14.6. The molecule has 158 valence electrons. The molecule has 2 aromatic carbocycles. The second-order valence-electron chi connectivity index (χ2n) is 7.72. The maximum atomic E-state index is 14.6. The van der Waals surface area contributed by atoms with E-state index in [1.165, 1.54) is 6.07 Å². The number of hydrogen-bond donors (Lipinski definition) is 1. The van der Waals surface area contributed by atoms with E-state index < -0.39 is 11.7 Å². The number of benzene rings is 2. The van der Waals surface area contributed by atoms with Gasteiger partial charge < -0.3 is 14.3 Å². The Balaban J connectivity index is 1.48. The van der Waals surface area contributed by atoms with E-state index >= 15 is 0 Å². The number of halogens is 2. The van der Waals surface area contributed by atoms with Gasteiger partial charge in [0, 0.05) is 29.5 Å². The summed E-state index contributed by atoms with van der Waals surface area (Å²) in [6, 6.07) is 9.87. The number of aromatic nitrogens is 3. The molecule has 0 unspecified atom stereocenters. The number of furan rings is 1. The molecule has 4 aromatic rings. The fourth-order valence-electron chi connectivity index (χ4n) is 4.06. The van der Waals surface area contributed by atoms with Crippen molar-refractivity contribution in [2.45, 2.75) is 39.2 Å². The molecule has 0 aliphatic carbocycles. The Bertz CT molecular complexity index is 1310. The summed E-state index contributed by atoms with van der Waals surface area (Å²) in [5, 5.41) is 12.4. The number of anilines is 1. The Morgan fingerprint density at radius 3 is 2.90 bits per heavy atom. The summed E-state index contributed by atoms with van der Waals surface area (Å²) in [7, 11) is 0. The zero-order chi connectivity index (χ0) is 21.5. The molecular formula is C23H20ClFN4O2. The number of aryl methyl sites for hydroxylation is 2. The molecule has 6 nitrogen and oxygen atoms in total. The molecule has 31 heavy (non-hydrogen) atoms. The lowest BCUT2D eigenvalue weighted by atomic mass is 10.1. The first-order valence-electron chi connectivity index (χ1n) is 10.2. The Morgan fingerprint density at radius 2 is 2.06 bits per heavy atom. The molecule has 0 radical (unpaired) electrons. The van der Waals surface area contributed by atoms with Crippen LogP contribution in [0.4, 0.5) is 10.1 Å². The molecule has 1 amide bonds. The summed E-state index contributed by atoms with van der Waals surface area (Å²) >= 11 is 6.18. The Labute approximate surface area is 183 Å². The Hall–Kier alpha value is -3.19. The average molecular weight is 439 g/mol. The van der Waals surface area contributed by atoms with Gasteiger partial charge in [-0.3, -0.25) is 4.79 Å². The van der Waals surface area contributed by atoms with Gasteiger partial charge in [-0.15, -0.1) is 10.2 Å². The van der Waals surface area contributed by atoms with Crippen LogP contribution in [0, 0.1) is 12.7 Å². The van der Waals surface area contributed by atoms with Crippen molar-refractivity contribution in [1.82, 2.24) is 14.8 Å². The smallest absolute Gasteiger partial charge is 0.291 e. The molecule has 0 bridgehead atoms. The fraction of sp³-hybridized carbons (Fsp3) is 0.261. The third-order valence-electron chi connectivity index (χ3n) is 5.70. The van der Waals surface area contributed by atoms with E-state index in [0.29, 0.717) is 27.6 Å². The lowest BCUT2D eigenvalue weighted by Crippen LogP contribution is -2.13. The van der Waals surface area contributed by atoms with Crippen molar-refractivity contribution < 1.29 is 13.6 Å². The Morgan fingerprint density at radius 1 is 1.19 bits per heavy atom. The average Bonchev–Trinajstić information content (AvgIpc) is 3.23. The summed E-state index contributed by atoms with van der Waals surface area (Å²) in [5.74, 6) is 0.640. The van der Waals surface area contributed by atoms with Crippen LogP contribution in [0.1, 0.15) is 41.2 Å². The van der Waals surface area contributed by atoms with Crippen LogP contribution in [0.15, 0.2) is 40.8 Å². The van der Waals surface area contributed by atoms with Crippen LogP contribution in [0.3, 0.4) is 0 Å². The van der Waals surface area contributed by atoms with Gasteiger partial charge in [0.15, 0.2) is 17.2 Å². The predicted octanol–water partition coefficient (Wildman–Crippen LogP) is 5.77. The number of nitrogens with zero attached hydrogens (tertiary/aromatic N) is 3. The third kappa shape index (κ3) is 3.49. The van der Waals surface area contributed by atoms with E-state index in [2.05, 4.69) is 20.1 Å². The molecular weight excluding hydrogens is 419 g/mol. The van der Waals surface area contributed by atoms with E-state index in [1.54, 1.807) is 31.2 Å². The van der Waals surface area contributed by atoms with Gasteiger partial charge in [-0.1, -0.05) is 30.2 Å². The van der Waals surface area contributed by atoms with Crippen molar-refractivity contribution in [3.8, 4) is 11.4 Å². The van der Waals surface area contributed by atoms with E-state index in [-0.39, 0.29) is 11.4 Å². The van der Waals surface area contributed by atoms with Gasteiger partial charge in [-0.2, -0.15) is 0 Å². The molecule has 1 aliphatic heterocycles. The molecule has 0 saturated carbocycles. The van der Waals surface area contributed by atoms with Crippen LogP contribution < -0.4 is 5.32 Å². The van der Waals surface area contributed by atoms with Crippen molar-refractivity contribution >= 4 is 34.2 Å². The van der Waals surface area contributed by atoms with Gasteiger partial charge in [-0.05, 0) is 44.0 Å². The number of carbonyl (C=O) groups is 1. The number of hydrogen-bond acceptors (Lipinski definition) is 4. The zero-order valence-corrected chi connectivity index (χ0v) is 17.7. The van der Waals surface area contributed by atoms with Crippen molar-refractivity contribution in [3.05, 3.63) is 64.4 Å². The molecule has 5 rings (SSSR count). The van der Waals surface area contributed by atoms with Crippen LogP contribution in [0.2, 0.25) is 5.02 Å². The lowest BCUT2D eigenvalue weighted by Gasteiger charge is -2.10. The topological polar surface area (TPSA) is 73.0 Å². The highest BCUT2D eigenvalue weighted by Gasteiger charge is 2.21. The van der Waals surface area contributed by atoms with Crippen LogP contribution >= 0.6 is 11.6 Å². The molecule has 8 heteroatoms. The summed E-state index contributed by atoms with van der Waals surface area (Å²) in [4.78, 5) is 12.9. The van der Waals surface area contributed by atoms with E-state index in [0.717, 1.165) is 43.4 Å². The second-order valence-corrected chi connectivity index (χ2v) is 8.13. The van der Waals surface area contributed by atoms with Crippen molar-refractivity contribution in [2.24, 2.45) is 0 Å². The SMILES string of the molecule is Cc1c(C(=O)Nc2cc(-c3nnc4n3CCCCC4)ccc2F)oc2c(Cl)cccc12. The fourth-order valence-corrected chi connectivity index (χ4v) is 4.28. The number of nitrogens with one attached hydrogen (secondary N) is 1. The summed E-state index contributed by atoms with van der Waals surface area (Å²) in [6.07, 6.45) is 4.17.